The number of esters is 1. The Bertz CT molecular complexity index is 1400. The zero-order valence-electron chi connectivity index (χ0n) is 18.7. The van der Waals surface area contributed by atoms with Crippen LogP contribution in [0.5, 0.6) is 5.75 Å². The third-order valence-corrected chi connectivity index (χ3v) is 7.03. The molecule has 1 aliphatic rings. The number of piperidine rings is 1. The first-order valence-electron chi connectivity index (χ1n) is 11.2. The van der Waals surface area contributed by atoms with Crippen LogP contribution in [0.15, 0.2) is 75.3 Å². The van der Waals surface area contributed by atoms with Gasteiger partial charge >= 0.3 is 5.97 Å². The van der Waals surface area contributed by atoms with Crippen molar-refractivity contribution in [3.05, 3.63) is 86.9 Å². The minimum Gasteiger partial charge on any atom is -0.460 e. The number of amides is 1. The van der Waals surface area contributed by atoms with Crippen LogP contribution in [-0.4, -0.2) is 29.9 Å². The van der Waals surface area contributed by atoms with Crippen molar-refractivity contribution in [2.24, 2.45) is 5.92 Å². The standard InChI is InChI=1S/C27H23NO5S/c1-17-24(18-6-3-2-4-7-18)25(29)21-10-9-20(16-22(21)32-17)33-27(31)19-11-13-28(14-12-19)26(30)23-8-5-15-34-23/h2-10,15-16,19H,11-14H2,1H3. The average Bonchev–Trinajstić information content (AvgIpc) is 3.39. The highest BCUT2D eigenvalue weighted by Gasteiger charge is 2.29. The lowest BCUT2D eigenvalue weighted by Crippen LogP contribution is -2.40. The predicted molar refractivity (Wildman–Crippen MR) is 131 cm³/mol. The maximum absolute atomic E-state index is 13.1. The summed E-state index contributed by atoms with van der Waals surface area (Å²) in [6.45, 7) is 2.79. The molecule has 0 N–H and O–H groups in total. The first-order valence-corrected chi connectivity index (χ1v) is 12.1. The fraction of sp³-hybridized carbons (Fsp3) is 0.222. The number of aryl methyl sites for hydroxylation is 1. The van der Waals surface area contributed by atoms with E-state index in [9.17, 15) is 14.4 Å². The number of benzene rings is 2. The number of nitrogens with zero attached hydrogens (tertiary/aromatic N) is 1. The molecule has 0 unspecified atom stereocenters. The molecule has 34 heavy (non-hydrogen) atoms. The van der Waals surface area contributed by atoms with Crippen LogP contribution in [0, 0.1) is 12.8 Å². The van der Waals surface area contributed by atoms with Gasteiger partial charge < -0.3 is 14.1 Å². The second-order valence-corrected chi connectivity index (χ2v) is 9.30. The number of rotatable bonds is 4. The van der Waals surface area contributed by atoms with Crippen LogP contribution in [-0.2, 0) is 4.79 Å². The minimum atomic E-state index is -0.331. The molecule has 0 bridgehead atoms. The van der Waals surface area contributed by atoms with E-state index in [1.807, 2.05) is 47.8 Å². The van der Waals surface area contributed by atoms with Crippen LogP contribution in [0.2, 0.25) is 0 Å². The molecule has 1 saturated heterocycles. The first kappa shape index (κ1) is 22.1. The van der Waals surface area contributed by atoms with Crippen molar-refractivity contribution in [1.29, 1.82) is 0 Å². The third kappa shape index (κ3) is 4.26. The van der Waals surface area contributed by atoms with Gasteiger partial charge in [0.15, 0.2) is 0 Å². The molecule has 0 saturated carbocycles. The highest BCUT2D eigenvalue weighted by Crippen LogP contribution is 2.28. The Morgan fingerprint density at radius 3 is 2.50 bits per heavy atom. The summed E-state index contributed by atoms with van der Waals surface area (Å²) in [5.41, 5.74) is 1.59. The quantitative estimate of drug-likeness (QED) is 0.297. The second kappa shape index (κ2) is 9.27. The van der Waals surface area contributed by atoms with Gasteiger partial charge in [0.2, 0.25) is 5.43 Å². The van der Waals surface area contributed by atoms with Gasteiger partial charge in [-0.2, -0.15) is 0 Å². The summed E-state index contributed by atoms with van der Waals surface area (Å²) in [6.07, 6.45) is 1.11. The zero-order chi connectivity index (χ0) is 23.7. The topological polar surface area (TPSA) is 76.8 Å². The summed E-state index contributed by atoms with van der Waals surface area (Å²) in [7, 11) is 0. The normalized spacial score (nSPS) is 14.3. The molecule has 1 fully saturated rings. The highest BCUT2D eigenvalue weighted by atomic mass is 32.1. The molecular formula is C27H23NO5S. The summed E-state index contributed by atoms with van der Waals surface area (Å²) in [5.74, 6) is 0.246. The molecule has 1 amide bonds. The maximum atomic E-state index is 13.1. The Kier molecular flexibility index (Phi) is 6.02. The molecule has 1 aliphatic heterocycles. The molecule has 0 spiro atoms. The number of carbonyl (C=O) groups is 2. The van der Waals surface area contributed by atoms with E-state index in [0.717, 1.165) is 5.56 Å². The first-order chi connectivity index (χ1) is 16.5. The van der Waals surface area contributed by atoms with Gasteiger partial charge in [-0.15, -0.1) is 11.3 Å². The van der Waals surface area contributed by atoms with Crippen LogP contribution >= 0.6 is 11.3 Å². The summed E-state index contributed by atoms with van der Waals surface area (Å²) in [6, 6.07) is 17.9. The SMILES string of the molecule is Cc1oc2cc(OC(=O)C3CCN(C(=O)c4cccs4)CC3)ccc2c(=O)c1-c1ccccc1. The second-order valence-electron chi connectivity index (χ2n) is 8.35. The Balaban J connectivity index is 1.29. The third-order valence-electron chi connectivity index (χ3n) is 6.17. The van der Waals surface area contributed by atoms with Gasteiger partial charge in [-0.1, -0.05) is 36.4 Å². The van der Waals surface area contributed by atoms with Crippen molar-refractivity contribution in [1.82, 2.24) is 4.90 Å². The number of likely N-dealkylation sites (tertiary alicyclic amines) is 1. The van der Waals surface area contributed by atoms with Crippen LogP contribution in [0.25, 0.3) is 22.1 Å². The van der Waals surface area contributed by atoms with Crippen molar-refractivity contribution in [3.63, 3.8) is 0 Å². The smallest absolute Gasteiger partial charge is 0.314 e. The number of thiophene rings is 1. The fourth-order valence-electron chi connectivity index (χ4n) is 4.36. The highest BCUT2D eigenvalue weighted by molar-refractivity contribution is 7.12. The molecule has 172 valence electrons. The number of fused-ring (bicyclic) bond motifs is 1. The molecule has 5 rings (SSSR count). The van der Waals surface area contributed by atoms with Crippen molar-refractivity contribution < 1.29 is 18.7 Å². The fourth-order valence-corrected chi connectivity index (χ4v) is 5.05. The minimum absolute atomic E-state index is 0.0108. The molecule has 4 aromatic rings. The van der Waals surface area contributed by atoms with E-state index in [1.54, 1.807) is 30.0 Å². The molecule has 0 atom stereocenters. The van der Waals surface area contributed by atoms with Crippen LogP contribution in [0.4, 0.5) is 0 Å². The molecule has 0 aliphatic carbocycles. The van der Waals surface area contributed by atoms with Crippen molar-refractivity contribution in [2.45, 2.75) is 19.8 Å². The summed E-state index contributed by atoms with van der Waals surface area (Å²) in [4.78, 5) is 40.9. The van der Waals surface area contributed by atoms with E-state index in [4.69, 9.17) is 9.15 Å². The lowest BCUT2D eigenvalue weighted by Gasteiger charge is -2.30. The van der Waals surface area contributed by atoms with Gasteiger partial charge in [0, 0.05) is 19.2 Å². The van der Waals surface area contributed by atoms with Gasteiger partial charge in [-0.05, 0) is 48.9 Å². The van der Waals surface area contributed by atoms with Crippen molar-refractivity contribution in [2.75, 3.05) is 13.1 Å². The van der Waals surface area contributed by atoms with E-state index in [2.05, 4.69) is 0 Å². The van der Waals surface area contributed by atoms with Gasteiger partial charge in [0.05, 0.1) is 21.7 Å². The molecule has 2 aromatic heterocycles. The molecular weight excluding hydrogens is 450 g/mol. The van der Waals surface area contributed by atoms with Gasteiger partial charge in [-0.25, -0.2) is 0 Å². The lowest BCUT2D eigenvalue weighted by molar-refractivity contribution is -0.140. The molecule has 2 aromatic carbocycles. The van der Waals surface area contributed by atoms with E-state index in [1.165, 1.54) is 11.3 Å². The Morgan fingerprint density at radius 2 is 1.79 bits per heavy atom. The average molecular weight is 474 g/mol. The number of ether oxygens (including phenoxy) is 1. The Hall–Kier alpha value is -3.71. The Morgan fingerprint density at radius 1 is 1.03 bits per heavy atom. The van der Waals surface area contributed by atoms with Gasteiger partial charge in [0.25, 0.3) is 5.91 Å². The molecule has 7 heteroatoms. The van der Waals surface area contributed by atoms with Gasteiger partial charge in [-0.3, -0.25) is 14.4 Å². The van der Waals surface area contributed by atoms with Crippen LogP contribution in [0.1, 0.15) is 28.3 Å². The van der Waals surface area contributed by atoms with Crippen molar-refractivity contribution >= 4 is 34.2 Å². The van der Waals surface area contributed by atoms with Gasteiger partial charge in [0.1, 0.15) is 17.1 Å². The summed E-state index contributed by atoms with van der Waals surface area (Å²) in [5, 5.41) is 2.32. The molecule has 3 heterocycles. The number of carbonyl (C=O) groups excluding carboxylic acids is 2. The van der Waals surface area contributed by atoms with Crippen molar-refractivity contribution in [3.8, 4) is 16.9 Å². The summed E-state index contributed by atoms with van der Waals surface area (Å²) < 4.78 is 11.6. The lowest BCUT2D eigenvalue weighted by atomic mass is 9.97. The summed E-state index contributed by atoms with van der Waals surface area (Å²) >= 11 is 1.42. The number of hydrogen-bond donors (Lipinski definition) is 0. The zero-order valence-corrected chi connectivity index (χ0v) is 19.5. The van der Waals surface area contributed by atoms with Crippen LogP contribution in [0.3, 0.4) is 0 Å². The number of hydrogen-bond acceptors (Lipinski definition) is 6. The largest absolute Gasteiger partial charge is 0.460 e. The van der Waals surface area contributed by atoms with E-state index in [-0.39, 0.29) is 23.2 Å². The van der Waals surface area contributed by atoms with E-state index >= 15 is 0 Å². The monoisotopic (exact) mass is 473 g/mol. The Labute approximate surface area is 200 Å². The van der Waals surface area contributed by atoms with E-state index in [0.29, 0.717) is 58.9 Å². The predicted octanol–water partition coefficient (Wildman–Crippen LogP) is 5.29. The maximum Gasteiger partial charge on any atom is 0.314 e. The van der Waals surface area contributed by atoms with E-state index < -0.39 is 0 Å². The molecule has 6 nitrogen and oxygen atoms in total. The molecule has 0 radical (unpaired) electrons. The van der Waals surface area contributed by atoms with Crippen LogP contribution < -0.4 is 10.2 Å².